The fraction of sp³-hybridized carbons (Fsp3) is 0.370. The second kappa shape index (κ2) is 12.0. The van der Waals surface area contributed by atoms with Gasteiger partial charge in [0.1, 0.15) is 12.1 Å². The summed E-state index contributed by atoms with van der Waals surface area (Å²) in [5.74, 6) is 1.60. The quantitative estimate of drug-likeness (QED) is 0.500. The zero-order valence-corrected chi connectivity index (χ0v) is 19.7. The van der Waals surface area contributed by atoms with E-state index in [9.17, 15) is 14.4 Å². The van der Waals surface area contributed by atoms with Gasteiger partial charge >= 0.3 is 0 Å². The molecule has 1 saturated heterocycles. The lowest BCUT2D eigenvalue weighted by atomic mass is 9.98. The Bertz CT molecular complexity index is 980. The average molecular weight is 461 g/mol. The van der Waals surface area contributed by atoms with Crippen molar-refractivity contribution in [2.75, 3.05) is 13.6 Å². The molecule has 3 N–H and O–H groups in total. The van der Waals surface area contributed by atoms with E-state index in [-0.39, 0.29) is 30.2 Å². The van der Waals surface area contributed by atoms with Gasteiger partial charge in [-0.25, -0.2) is 0 Å². The highest BCUT2D eigenvalue weighted by molar-refractivity contribution is 5.93. The number of hydrogen-bond acceptors (Lipinski definition) is 4. The molecule has 0 spiro atoms. The Balaban J connectivity index is 1.78. The third kappa shape index (κ3) is 6.03. The summed E-state index contributed by atoms with van der Waals surface area (Å²) in [4.78, 5) is 40.7. The molecule has 3 amide bonds. The maximum atomic E-state index is 13.4. The van der Waals surface area contributed by atoms with Crippen LogP contribution < -0.4 is 16.0 Å². The Morgan fingerprint density at radius 3 is 2.15 bits per heavy atom. The summed E-state index contributed by atoms with van der Waals surface area (Å²) in [5, 5.41) is 8.72. The van der Waals surface area contributed by atoms with Crippen LogP contribution in [0.4, 0.5) is 0 Å². The Labute approximate surface area is 201 Å². The first-order chi connectivity index (χ1) is 16.5. The lowest BCUT2D eigenvalue weighted by Gasteiger charge is -2.30. The molecule has 0 aromatic heterocycles. The van der Waals surface area contributed by atoms with E-state index in [1.165, 1.54) is 0 Å². The van der Waals surface area contributed by atoms with E-state index in [2.05, 4.69) is 21.9 Å². The highest BCUT2D eigenvalue weighted by Crippen LogP contribution is 2.25. The van der Waals surface area contributed by atoms with Gasteiger partial charge in [-0.2, -0.15) is 0 Å². The molecule has 3 rings (SSSR count). The number of terminal acetylenes is 1. The molecule has 2 aromatic carbocycles. The molecule has 0 bridgehead atoms. The highest BCUT2D eigenvalue weighted by atomic mass is 16.2. The van der Waals surface area contributed by atoms with Crippen molar-refractivity contribution < 1.29 is 14.4 Å². The third-order valence-corrected chi connectivity index (χ3v) is 6.15. The number of nitrogens with zero attached hydrogens (tertiary/aromatic N) is 1. The van der Waals surface area contributed by atoms with Gasteiger partial charge in [0.2, 0.25) is 17.7 Å². The molecule has 7 heteroatoms. The van der Waals surface area contributed by atoms with Crippen molar-refractivity contribution >= 4 is 17.7 Å². The molecule has 0 aliphatic carbocycles. The van der Waals surface area contributed by atoms with E-state index in [1.54, 1.807) is 18.9 Å². The number of benzene rings is 2. The number of rotatable bonds is 9. The van der Waals surface area contributed by atoms with Gasteiger partial charge in [0.05, 0.1) is 12.1 Å². The maximum Gasteiger partial charge on any atom is 0.246 e. The number of nitrogens with one attached hydrogen (secondary N) is 3. The van der Waals surface area contributed by atoms with Gasteiger partial charge in [-0.1, -0.05) is 60.7 Å². The van der Waals surface area contributed by atoms with Crippen molar-refractivity contribution in [3.63, 3.8) is 0 Å². The molecule has 1 aliphatic heterocycles. The summed E-state index contributed by atoms with van der Waals surface area (Å²) in [6.07, 6.45) is 6.79. The topological polar surface area (TPSA) is 90.5 Å². The largest absolute Gasteiger partial charge is 0.343 e. The van der Waals surface area contributed by atoms with Crippen LogP contribution in [-0.2, 0) is 14.4 Å². The van der Waals surface area contributed by atoms with E-state index in [4.69, 9.17) is 6.42 Å². The Kier molecular flexibility index (Phi) is 8.83. The van der Waals surface area contributed by atoms with Gasteiger partial charge in [0.15, 0.2) is 0 Å². The lowest BCUT2D eigenvalue weighted by molar-refractivity contribution is -0.141. The smallest absolute Gasteiger partial charge is 0.246 e. The first-order valence-electron chi connectivity index (χ1n) is 11.6. The molecule has 2 aromatic rings. The Morgan fingerprint density at radius 2 is 1.62 bits per heavy atom. The van der Waals surface area contributed by atoms with Crippen molar-refractivity contribution in [1.29, 1.82) is 0 Å². The standard InChI is InChI=1S/C27H32N4O3/c1-4-12-22(29-25(32)19(2)28-3)27(34)31-18-11-17-23(31)26(33)30-24(20-13-7-5-8-14-20)21-15-9-6-10-16-21/h1,5-10,13-16,19,22-24,28H,11-12,17-18H2,2-3H3,(H,29,32)(H,30,33)/t19-,22-,23-/m0/s1. The van der Waals surface area contributed by atoms with Gasteiger partial charge in [-0.05, 0) is 37.9 Å². The van der Waals surface area contributed by atoms with E-state index < -0.39 is 18.1 Å². The van der Waals surface area contributed by atoms with Crippen molar-refractivity contribution in [3.05, 3.63) is 71.8 Å². The summed E-state index contributed by atoms with van der Waals surface area (Å²) in [5.41, 5.74) is 1.91. The number of carbonyl (C=O) groups is 3. The molecular weight excluding hydrogens is 428 g/mol. The fourth-order valence-corrected chi connectivity index (χ4v) is 4.14. The zero-order chi connectivity index (χ0) is 24.5. The van der Waals surface area contributed by atoms with E-state index in [0.29, 0.717) is 19.4 Å². The second-order valence-corrected chi connectivity index (χ2v) is 8.43. The van der Waals surface area contributed by atoms with E-state index >= 15 is 0 Å². The number of likely N-dealkylation sites (tertiary alicyclic amines) is 1. The Morgan fingerprint density at radius 1 is 1.03 bits per heavy atom. The third-order valence-electron chi connectivity index (χ3n) is 6.15. The molecule has 34 heavy (non-hydrogen) atoms. The lowest BCUT2D eigenvalue weighted by Crippen LogP contribution is -2.55. The van der Waals surface area contributed by atoms with Gasteiger partial charge in [-0.15, -0.1) is 12.3 Å². The summed E-state index contributed by atoms with van der Waals surface area (Å²) < 4.78 is 0. The predicted octanol–water partition coefficient (Wildman–Crippen LogP) is 2.00. The number of hydrogen-bond donors (Lipinski definition) is 3. The fourth-order valence-electron chi connectivity index (χ4n) is 4.14. The van der Waals surface area contributed by atoms with Gasteiger partial charge in [-0.3, -0.25) is 14.4 Å². The molecule has 0 saturated carbocycles. The van der Waals surface area contributed by atoms with Gasteiger partial charge in [0, 0.05) is 13.0 Å². The van der Waals surface area contributed by atoms with Gasteiger partial charge < -0.3 is 20.9 Å². The highest BCUT2D eigenvalue weighted by Gasteiger charge is 2.38. The van der Waals surface area contributed by atoms with Crippen LogP contribution in [0, 0.1) is 12.3 Å². The van der Waals surface area contributed by atoms with Crippen LogP contribution >= 0.6 is 0 Å². The van der Waals surface area contributed by atoms with E-state index in [1.807, 2.05) is 60.7 Å². The van der Waals surface area contributed by atoms with Crippen LogP contribution in [0.15, 0.2) is 60.7 Å². The van der Waals surface area contributed by atoms with Crippen LogP contribution in [-0.4, -0.2) is 54.3 Å². The van der Waals surface area contributed by atoms with Crippen LogP contribution in [0.1, 0.15) is 43.4 Å². The minimum atomic E-state index is -0.874. The van der Waals surface area contributed by atoms with Crippen LogP contribution in [0.2, 0.25) is 0 Å². The molecule has 0 unspecified atom stereocenters. The average Bonchev–Trinajstić information content (AvgIpc) is 3.37. The first-order valence-corrected chi connectivity index (χ1v) is 11.6. The van der Waals surface area contributed by atoms with Crippen molar-refractivity contribution in [1.82, 2.24) is 20.9 Å². The minimum Gasteiger partial charge on any atom is -0.343 e. The van der Waals surface area contributed by atoms with Crippen LogP contribution in [0.5, 0.6) is 0 Å². The predicted molar refractivity (Wildman–Crippen MR) is 132 cm³/mol. The summed E-state index contributed by atoms with van der Waals surface area (Å²) in [6.45, 7) is 2.14. The van der Waals surface area contributed by atoms with Crippen molar-refractivity contribution in [3.8, 4) is 12.3 Å². The summed E-state index contributed by atoms with van der Waals surface area (Å²) in [7, 11) is 1.67. The molecule has 1 heterocycles. The summed E-state index contributed by atoms with van der Waals surface area (Å²) >= 11 is 0. The first kappa shape index (κ1) is 25.0. The summed E-state index contributed by atoms with van der Waals surface area (Å²) in [6, 6.07) is 17.2. The molecule has 1 fully saturated rings. The van der Waals surface area contributed by atoms with E-state index in [0.717, 1.165) is 11.1 Å². The van der Waals surface area contributed by atoms with Crippen LogP contribution in [0.3, 0.4) is 0 Å². The molecular formula is C27H32N4O3. The minimum absolute atomic E-state index is 0.0580. The zero-order valence-electron chi connectivity index (χ0n) is 19.7. The number of amides is 3. The van der Waals surface area contributed by atoms with Crippen LogP contribution in [0.25, 0.3) is 0 Å². The monoisotopic (exact) mass is 460 g/mol. The number of carbonyl (C=O) groups excluding carboxylic acids is 3. The second-order valence-electron chi connectivity index (χ2n) is 8.43. The molecule has 178 valence electrons. The molecule has 0 radical (unpaired) electrons. The van der Waals surface area contributed by atoms with Crippen molar-refractivity contribution in [2.45, 2.75) is 50.4 Å². The molecule has 7 nitrogen and oxygen atoms in total. The SMILES string of the molecule is C#CC[C@H](NC(=O)[C@H](C)NC)C(=O)N1CCC[C@H]1C(=O)NC(c1ccccc1)c1ccccc1. The maximum absolute atomic E-state index is 13.4. The van der Waals surface area contributed by atoms with Crippen molar-refractivity contribution in [2.24, 2.45) is 0 Å². The Hall–Kier alpha value is -3.63. The molecule has 1 aliphatic rings. The normalized spacial score (nSPS) is 17.0. The van der Waals surface area contributed by atoms with Gasteiger partial charge in [0.25, 0.3) is 0 Å². The molecule has 3 atom stereocenters. The number of likely N-dealkylation sites (N-methyl/N-ethyl adjacent to an activating group) is 1.